The van der Waals surface area contributed by atoms with Crippen molar-refractivity contribution in [2.24, 2.45) is 0 Å². The van der Waals surface area contributed by atoms with Gasteiger partial charge in [0.15, 0.2) is 11.9 Å². The standard InChI is InChI=1S/C18H13FO5/c1-10(18(21)22)23-13-5-6-14-15(9-13)24-16(17(14)20)8-11-3-2-4-12(19)7-11/h2-10H,1H3,(H,21,22)/b16-8-/t10-/m1/s1. The van der Waals surface area contributed by atoms with Crippen molar-refractivity contribution in [2.45, 2.75) is 13.0 Å². The minimum atomic E-state index is -1.10. The predicted octanol–water partition coefficient (Wildman–Crippen LogP) is 3.29. The highest BCUT2D eigenvalue weighted by molar-refractivity contribution is 6.14. The number of hydrogen-bond donors (Lipinski definition) is 1. The van der Waals surface area contributed by atoms with Crippen LogP contribution >= 0.6 is 0 Å². The predicted molar refractivity (Wildman–Crippen MR) is 83.5 cm³/mol. The lowest BCUT2D eigenvalue weighted by Gasteiger charge is -2.10. The van der Waals surface area contributed by atoms with E-state index in [9.17, 15) is 14.0 Å². The molecule has 1 aliphatic heterocycles. The summed E-state index contributed by atoms with van der Waals surface area (Å²) in [5.74, 6) is -1.21. The molecule has 0 bridgehead atoms. The van der Waals surface area contributed by atoms with Gasteiger partial charge in [-0.2, -0.15) is 0 Å². The van der Waals surface area contributed by atoms with Crippen molar-refractivity contribution in [2.75, 3.05) is 0 Å². The lowest BCUT2D eigenvalue weighted by molar-refractivity contribution is -0.144. The molecule has 1 aliphatic rings. The summed E-state index contributed by atoms with van der Waals surface area (Å²) in [5.41, 5.74) is 0.843. The molecule has 122 valence electrons. The van der Waals surface area contributed by atoms with Crippen molar-refractivity contribution in [3.8, 4) is 11.5 Å². The van der Waals surface area contributed by atoms with Crippen LogP contribution < -0.4 is 9.47 Å². The summed E-state index contributed by atoms with van der Waals surface area (Å²) in [6.45, 7) is 1.40. The maximum atomic E-state index is 13.2. The van der Waals surface area contributed by atoms with Crippen LogP contribution in [0.1, 0.15) is 22.8 Å². The van der Waals surface area contributed by atoms with Gasteiger partial charge >= 0.3 is 5.97 Å². The molecular formula is C18H13FO5. The van der Waals surface area contributed by atoms with Gasteiger partial charge in [0.2, 0.25) is 5.78 Å². The molecule has 0 amide bonds. The molecule has 2 aromatic rings. The monoisotopic (exact) mass is 328 g/mol. The van der Waals surface area contributed by atoms with Crippen LogP contribution in [0.5, 0.6) is 11.5 Å². The minimum absolute atomic E-state index is 0.0685. The van der Waals surface area contributed by atoms with E-state index in [1.165, 1.54) is 49.4 Å². The van der Waals surface area contributed by atoms with Crippen molar-refractivity contribution >= 4 is 17.8 Å². The molecule has 1 atom stereocenters. The van der Waals surface area contributed by atoms with E-state index >= 15 is 0 Å². The van der Waals surface area contributed by atoms with Crippen molar-refractivity contribution in [3.63, 3.8) is 0 Å². The number of rotatable bonds is 4. The number of benzene rings is 2. The first-order valence-electron chi connectivity index (χ1n) is 7.17. The van der Waals surface area contributed by atoms with E-state index in [0.717, 1.165) is 0 Å². The summed E-state index contributed by atoms with van der Waals surface area (Å²) in [6.07, 6.45) is 0.425. The highest BCUT2D eigenvalue weighted by Gasteiger charge is 2.28. The number of aliphatic carboxylic acids is 1. The normalized spacial score (nSPS) is 15.8. The Morgan fingerprint density at radius 2 is 2.08 bits per heavy atom. The number of carbonyl (C=O) groups excluding carboxylic acids is 1. The van der Waals surface area contributed by atoms with Crippen LogP contribution in [0, 0.1) is 5.82 Å². The summed E-state index contributed by atoms with van der Waals surface area (Å²) in [6, 6.07) is 10.3. The smallest absolute Gasteiger partial charge is 0.344 e. The molecule has 1 N–H and O–H groups in total. The first kappa shape index (κ1) is 15.7. The van der Waals surface area contributed by atoms with E-state index in [1.54, 1.807) is 6.07 Å². The molecule has 0 saturated heterocycles. The molecular weight excluding hydrogens is 315 g/mol. The summed E-state index contributed by atoms with van der Waals surface area (Å²) >= 11 is 0. The van der Waals surface area contributed by atoms with Crippen molar-refractivity contribution in [1.82, 2.24) is 0 Å². The molecule has 2 aromatic carbocycles. The Balaban J connectivity index is 1.86. The van der Waals surface area contributed by atoms with Crippen LogP contribution in [0.3, 0.4) is 0 Å². The van der Waals surface area contributed by atoms with E-state index in [1.807, 2.05) is 0 Å². The quantitative estimate of drug-likeness (QED) is 0.872. The molecule has 0 aliphatic carbocycles. The third-order valence-corrected chi connectivity index (χ3v) is 3.45. The second-order valence-corrected chi connectivity index (χ2v) is 5.25. The van der Waals surface area contributed by atoms with Crippen LogP contribution in [0.2, 0.25) is 0 Å². The summed E-state index contributed by atoms with van der Waals surface area (Å²) in [7, 11) is 0. The zero-order chi connectivity index (χ0) is 17.3. The molecule has 5 nitrogen and oxygen atoms in total. The number of hydrogen-bond acceptors (Lipinski definition) is 4. The zero-order valence-electron chi connectivity index (χ0n) is 12.7. The second kappa shape index (κ2) is 6.16. The Hall–Kier alpha value is -3.15. The third kappa shape index (κ3) is 3.12. The van der Waals surface area contributed by atoms with Crippen LogP contribution in [0.25, 0.3) is 6.08 Å². The summed E-state index contributed by atoms with van der Waals surface area (Å²) in [5, 5.41) is 8.86. The van der Waals surface area contributed by atoms with E-state index < -0.39 is 17.9 Å². The topological polar surface area (TPSA) is 72.8 Å². The first-order chi connectivity index (χ1) is 11.4. The summed E-state index contributed by atoms with van der Waals surface area (Å²) in [4.78, 5) is 23.1. The van der Waals surface area contributed by atoms with Gasteiger partial charge in [-0.15, -0.1) is 0 Å². The van der Waals surface area contributed by atoms with Gasteiger partial charge < -0.3 is 14.6 Å². The number of allylic oxidation sites excluding steroid dienone is 1. The maximum Gasteiger partial charge on any atom is 0.344 e. The van der Waals surface area contributed by atoms with Gasteiger partial charge in [0.1, 0.15) is 17.3 Å². The van der Waals surface area contributed by atoms with Gasteiger partial charge in [0, 0.05) is 6.07 Å². The van der Waals surface area contributed by atoms with Gasteiger partial charge in [0.25, 0.3) is 0 Å². The fraction of sp³-hybridized carbons (Fsp3) is 0.111. The average molecular weight is 328 g/mol. The van der Waals surface area contributed by atoms with Gasteiger partial charge in [0.05, 0.1) is 5.56 Å². The minimum Gasteiger partial charge on any atom is -0.479 e. The highest BCUT2D eigenvalue weighted by Crippen LogP contribution is 2.35. The largest absolute Gasteiger partial charge is 0.479 e. The van der Waals surface area contributed by atoms with Crippen molar-refractivity contribution in [3.05, 3.63) is 65.2 Å². The third-order valence-electron chi connectivity index (χ3n) is 3.45. The van der Waals surface area contributed by atoms with E-state index in [4.69, 9.17) is 14.6 Å². The number of carbonyl (C=O) groups is 2. The Bertz CT molecular complexity index is 856. The SMILES string of the molecule is C[C@@H](Oc1ccc2c(c1)O/C(=C\c1cccc(F)c1)C2=O)C(=O)O. The molecule has 0 saturated carbocycles. The first-order valence-corrected chi connectivity index (χ1v) is 7.17. The van der Waals surface area contributed by atoms with E-state index in [-0.39, 0.29) is 23.0 Å². The van der Waals surface area contributed by atoms with Crippen molar-refractivity contribution < 1.29 is 28.6 Å². The average Bonchev–Trinajstić information content (AvgIpc) is 2.83. The number of ether oxygens (including phenoxy) is 2. The Labute approximate surface area is 136 Å². The molecule has 3 rings (SSSR count). The van der Waals surface area contributed by atoms with Crippen LogP contribution in [0.15, 0.2) is 48.2 Å². The van der Waals surface area contributed by atoms with E-state index in [0.29, 0.717) is 11.1 Å². The van der Waals surface area contributed by atoms with Crippen LogP contribution in [-0.2, 0) is 4.79 Å². The van der Waals surface area contributed by atoms with Gasteiger partial charge in [-0.3, -0.25) is 4.79 Å². The fourth-order valence-corrected chi connectivity index (χ4v) is 2.24. The molecule has 1 heterocycles. The Morgan fingerprint density at radius 3 is 2.79 bits per heavy atom. The molecule has 0 spiro atoms. The van der Waals surface area contributed by atoms with Gasteiger partial charge in [-0.05, 0) is 42.8 Å². The van der Waals surface area contributed by atoms with Crippen LogP contribution in [-0.4, -0.2) is 23.0 Å². The fourth-order valence-electron chi connectivity index (χ4n) is 2.24. The number of halogens is 1. The molecule has 0 aromatic heterocycles. The molecule has 6 heteroatoms. The lowest BCUT2D eigenvalue weighted by Crippen LogP contribution is -2.22. The zero-order valence-corrected chi connectivity index (χ0v) is 12.7. The number of fused-ring (bicyclic) bond motifs is 1. The van der Waals surface area contributed by atoms with Crippen molar-refractivity contribution in [1.29, 1.82) is 0 Å². The maximum absolute atomic E-state index is 13.2. The molecule has 24 heavy (non-hydrogen) atoms. The highest BCUT2D eigenvalue weighted by atomic mass is 19.1. The number of carboxylic acids is 1. The number of Topliss-reactive ketones (excluding diaryl/α,β-unsaturated/α-hetero) is 1. The lowest BCUT2D eigenvalue weighted by atomic mass is 10.1. The Kier molecular flexibility index (Phi) is 4.04. The van der Waals surface area contributed by atoms with E-state index in [2.05, 4.69) is 0 Å². The Morgan fingerprint density at radius 1 is 1.29 bits per heavy atom. The van der Waals surface area contributed by atoms with Gasteiger partial charge in [-0.25, -0.2) is 9.18 Å². The molecule has 0 fully saturated rings. The van der Waals surface area contributed by atoms with Gasteiger partial charge in [-0.1, -0.05) is 12.1 Å². The summed E-state index contributed by atoms with van der Waals surface area (Å²) < 4.78 is 24.0. The number of ketones is 1. The number of carboxylic acid groups (broad SMARTS) is 1. The van der Waals surface area contributed by atoms with Crippen LogP contribution in [0.4, 0.5) is 4.39 Å². The second-order valence-electron chi connectivity index (χ2n) is 5.25. The molecule has 0 unspecified atom stereocenters. The molecule has 0 radical (unpaired) electrons.